The highest BCUT2D eigenvalue weighted by molar-refractivity contribution is 5.84. The van der Waals surface area contributed by atoms with Crippen molar-refractivity contribution >= 4 is 11.7 Å². The van der Waals surface area contributed by atoms with Gasteiger partial charge in [-0.15, -0.1) is 0 Å². The van der Waals surface area contributed by atoms with Crippen LogP contribution in [0.2, 0.25) is 0 Å². The quantitative estimate of drug-likeness (QED) is 0.0977. The van der Waals surface area contributed by atoms with Gasteiger partial charge in [0.2, 0.25) is 5.91 Å². The Labute approximate surface area is 236 Å². The first-order chi connectivity index (χ1) is 19.2. The number of ketones is 1. The Hall–Kier alpha value is -3.20. The lowest BCUT2D eigenvalue weighted by Crippen LogP contribution is -2.38. The summed E-state index contributed by atoms with van der Waals surface area (Å²) >= 11 is 0. The smallest absolute Gasteiger partial charge is 0.224 e. The van der Waals surface area contributed by atoms with E-state index in [9.17, 15) is 35.1 Å². The molecule has 0 radical (unpaired) electrons. The molecule has 0 aromatic heterocycles. The van der Waals surface area contributed by atoms with Crippen molar-refractivity contribution in [3.05, 3.63) is 71.8 Å². The molecule has 0 spiro atoms. The minimum Gasteiger partial charge on any atom is -0.504 e. The Bertz CT molecular complexity index is 1120. The fourth-order valence-electron chi connectivity index (χ4n) is 5.28. The van der Waals surface area contributed by atoms with Crippen molar-refractivity contribution < 1.29 is 35.1 Å². The molecule has 8 heteroatoms. The van der Waals surface area contributed by atoms with Gasteiger partial charge in [0.1, 0.15) is 12.0 Å². The van der Waals surface area contributed by atoms with E-state index in [1.54, 1.807) is 12.1 Å². The molecule has 40 heavy (non-hydrogen) atoms. The van der Waals surface area contributed by atoms with Crippen LogP contribution in [0.15, 0.2) is 60.7 Å². The Morgan fingerprint density at radius 1 is 1.00 bits per heavy atom. The van der Waals surface area contributed by atoms with Crippen molar-refractivity contribution in [3.63, 3.8) is 0 Å². The molecule has 0 saturated heterocycles. The van der Waals surface area contributed by atoms with Gasteiger partial charge < -0.3 is 30.4 Å². The minimum absolute atomic E-state index is 0.0636. The summed E-state index contributed by atoms with van der Waals surface area (Å²) in [5, 5.41) is 50.2. The third-order valence-electron chi connectivity index (χ3n) is 7.81. The number of aliphatic hydroxyl groups excluding tert-OH is 3. The molecule has 1 aliphatic rings. The van der Waals surface area contributed by atoms with Gasteiger partial charge in [0.25, 0.3) is 0 Å². The molecule has 1 saturated carbocycles. The molecular weight excluding hydrogens is 510 g/mol. The fourth-order valence-corrected chi connectivity index (χ4v) is 5.28. The predicted octanol–water partition coefficient (Wildman–Crippen LogP) is 3.87. The molecule has 0 bridgehead atoms. The molecule has 2 aromatic rings. The van der Waals surface area contributed by atoms with Gasteiger partial charge in [-0.25, -0.2) is 0 Å². The lowest BCUT2D eigenvalue weighted by atomic mass is 9.88. The van der Waals surface area contributed by atoms with Crippen LogP contribution in [-0.4, -0.2) is 67.6 Å². The second-order valence-electron chi connectivity index (χ2n) is 10.9. The maximum atomic E-state index is 12.5. The second-order valence-corrected chi connectivity index (χ2v) is 10.9. The van der Waals surface area contributed by atoms with Crippen molar-refractivity contribution in [2.45, 2.75) is 82.6 Å². The van der Waals surface area contributed by atoms with Crippen molar-refractivity contribution in [3.8, 4) is 11.5 Å². The summed E-state index contributed by atoms with van der Waals surface area (Å²) in [6, 6.07) is 14.2. The molecule has 1 unspecified atom stereocenters. The van der Waals surface area contributed by atoms with Gasteiger partial charge in [-0.3, -0.25) is 9.59 Å². The number of unbranched alkanes of at least 4 members (excludes halogenated alkanes) is 3. The maximum absolute atomic E-state index is 12.5. The highest BCUT2D eigenvalue weighted by atomic mass is 16.3. The van der Waals surface area contributed by atoms with Gasteiger partial charge >= 0.3 is 0 Å². The van der Waals surface area contributed by atoms with Crippen molar-refractivity contribution in [2.24, 2.45) is 11.8 Å². The number of aryl methyl sites for hydroxylation is 1. The van der Waals surface area contributed by atoms with Crippen LogP contribution in [0, 0.1) is 11.8 Å². The Morgan fingerprint density at radius 2 is 1.73 bits per heavy atom. The van der Waals surface area contributed by atoms with Gasteiger partial charge in [0.05, 0.1) is 12.2 Å². The Morgan fingerprint density at radius 3 is 2.45 bits per heavy atom. The summed E-state index contributed by atoms with van der Waals surface area (Å²) in [6.45, 7) is 0. The lowest BCUT2D eigenvalue weighted by Gasteiger charge is -2.24. The first kappa shape index (κ1) is 31.3. The van der Waals surface area contributed by atoms with Gasteiger partial charge in [0, 0.05) is 38.1 Å². The molecule has 3 rings (SSSR count). The number of amides is 1. The molecule has 5 atom stereocenters. The summed E-state index contributed by atoms with van der Waals surface area (Å²) in [5.74, 6) is -1.17. The molecule has 1 amide bonds. The summed E-state index contributed by atoms with van der Waals surface area (Å²) in [4.78, 5) is 26.3. The first-order valence-electron chi connectivity index (χ1n) is 14.2. The molecule has 1 aliphatic carbocycles. The van der Waals surface area contributed by atoms with Gasteiger partial charge in [0.15, 0.2) is 11.5 Å². The summed E-state index contributed by atoms with van der Waals surface area (Å²) < 4.78 is 0. The van der Waals surface area contributed by atoms with Crippen molar-refractivity contribution in [1.29, 1.82) is 0 Å². The van der Waals surface area contributed by atoms with Crippen LogP contribution in [-0.2, 0) is 22.4 Å². The molecule has 1 fully saturated rings. The SMILES string of the molecule is CN(C(=O)CCCCCC[C@H]1C(=O)C[C@@H](O)[C@@H]1C=C[C@@H](O)CCc1ccccc1)C(O)Cc1ccc(O)c(O)c1. The number of likely N-dealkylation sites (N-methyl/N-ethyl adjacent to an activating group) is 1. The van der Waals surface area contributed by atoms with Crippen molar-refractivity contribution in [2.75, 3.05) is 7.05 Å². The van der Waals surface area contributed by atoms with E-state index < -0.39 is 18.4 Å². The monoisotopic (exact) mass is 553 g/mol. The van der Waals surface area contributed by atoms with E-state index in [4.69, 9.17) is 0 Å². The second kappa shape index (κ2) is 15.6. The number of hydrogen-bond acceptors (Lipinski definition) is 7. The number of nitrogens with zero attached hydrogens (tertiary/aromatic N) is 1. The van der Waals surface area contributed by atoms with Crippen LogP contribution < -0.4 is 0 Å². The zero-order chi connectivity index (χ0) is 29.1. The maximum Gasteiger partial charge on any atom is 0.224 e. The van der Waals surface area contributed by atoms with Crippen molar-refractivity contribution in [1.82, 2.24) is 4.90 Å². The number of Topliss-reactive ketones (excluding diaryl/α,β-unsaturated/α-hetero) is 1. The van der Waals surface area contributed by atoms with E-state index >= 15 is 0 Å². The standard InChI is InChI=1S/C32H43NO7/c1-33(32(40)20-23-14-18-27(35)30(38)19-23)31(39)12-8-3-2-7-11-25-26(29(37)21-28(25)36)17-16-24(34)15-13-22-9-5-4-6-10-22/h4-6,9-10,14,16-19,24-26,29,32,34-35,37-38,40H,2-3,7-8,11-13,15,20-21H2,1H3/t24-,25+,26+,29+,32?/m0/s1. The number of hydrogen-bond donors (Lipinski definition) is 5. The minimum atomic E-state index is -1.04. The van der Waals surface area contributed by atoms with Gasteiger partial charge in [-0.05, 0) is 48.9 Å². The lowest BCUT2D eigenvalue weighted by molar-refractivity contribution is -0.138. The molecule has 5 N–H and O–H groups in total. The number of benzene rings is 2. The fraction of sp³-hybridized carbons (Fsp3) is 0.500. The summed E-state index contributed by atoms with van der Waals surface area (Å²) in [6.07, 6.45) is 6.82. The van der Waals surface area contributed by atoms with E-state index in [2.05, 4.69) is 0 Å². The van der Waals surface area contributed by atoms with E-state index in [0.29, 0.717) is 31.2 Å². The summed E-state index contributed by atoms with van der Waals surface area (Å²) in [5.41, 5.74) is 1.76. The number of carbonyl (C=O) groups excluding carboxylic acids is 2. The normalized spacial score (nSPS) is 20.6. The molecule has 218 valence electrons. The van der Waals surface area contributed by atoms with E-state index in [1.807, 2.05) is 36.4 Å². The Kier molecular flexibility index (Phi) is 12.2. The molecule has 8 nitrogen and oxygen atoms in total. The van der Waals surface area contributed by atoms with Crippen LogP contribution in [0.5, 0.6) is 11.5 Å². The highest BCUT2D eigenvalue weighted by Crippen LogP contribution is 2.34. The first-order valence-corrected chi connectivity index (χ1v) is 14.2. The van der Waals surface area contributed by atoms with Gasteiger partial charge in [-0.2, -0.15) is 0 Å². The average molecular weight is 554 g/mol. The molecule has 0 aliphatic heterocycles. The zero-order valence-electron chi connectivity index (χ0n) is 23.2. The van der Waals surface area contributed by atoms with Gasteiger partial charge in [-0.1, -0.05) is 67.8 Å². The van der Waals surface area contributed by atoms with Crippen LogP contribution in [0.3, 0.4) is 0 Å². The number of aromatic hydroxyl groups is 2. The number of phenols is 2. The van der Waals surface area contributed by atoms with E-state index in [1.165, 1.54) is 24.1 Å². The third-order valence-corrected chi connectivity index (χ3v) is 7.81. The number of carbonyl (C=O) groups is 2. The number of phenolic OH excluding ortho intramolecular Hbond substituents is 2. The molecular formula is C32H43NO7. The largest absolute Gasteiger partial charge is 0.504 e. The third kappa shape index (κ3) is 9.47. The van der Waals surface area contributed by atoms with Crippen LogP contribution in [0.25, 0.3) is 0 Å². The van der Waals surface area contributed by atoms with Crippen LogP contribution in [0.1, 0.15) is 62.5 Å². The number of aliphatic hydroxyl groups is 3. The number of rotatable bonds is 15. The van der Waals surface area contributed by atoms with Crippen LogP contribution >= 0.6 is 0 Å². The topological polar surface area (TPSA) is 139 Å². The zero-order valence-corrected chi connectivity index (χ0v) is 23.2. The van der Waals surface area contributed by atoms with E-state index in [-0.39, 0.29) is 47.9 Å². The predicted molar refractivity (Wildman–Crippen MR) is 152 cm³/mol. The molecule has 2 aromatic carbocycles. The van der Waals surface area contributed by atoms with Crippen LogP contribution in [0.4, 0.5) is 0 Å². The average Bonchev–Trinajstić information content (AvgIpc) is 3.21. The highest BCUT2D eigenvalue weighted by Gasteiger charge is 2.39. The Balaban J connectivity index is 1.35. The van der Waals surface area contributed by atoms with E-state index in [0.717, 1.165) is 31.2 Å². The summed E-state index contributed by atoms with van der Waals surface area (Å²) in [7, 11) is 1.54. The molecule has 0 heterocycles.